The standard InChI is InChI=1S/C17H21N7O4P.F6P/c25-14-6-2-10-21(14)29(22-11-3-7-15(22)26,23-12-4-8-16(23)27)28-24-17-13(19-20-24)5-1-9-18-17;1-7(2,3,4,5)6/h1,5,9H,2-4,6-8,10-12H2;/q+1;-1. The summed E-state index contributed by atoms with van der Waals surface area (Å²) in [7, 11) is -14.0. The minimum Gasteiger partial charge on any atom is -0.271 e. The summed E-state index contributed by atoms with van der Waals surface area (Å²) in [5.74, 6) is -0.347. The van der Waals surface area contributed by atoms with E-state index in [9.17, 15) is 39.6 Å². The van der Waals surface area contributed by atoms with Crippen molar-refractivity contribution in [3.8, 4) is 0 Å². The van der Waals surface area contributed by atoms with E-state index >= 15 is 0 Å². The third-order valence-corrected chi connectivity index (χ3v) is 8.99. The number of hydrogen-bond donors (Lipinski definition) is 0. The van der Waals surface area contributed by atoms with Crippen molar-refractivity contribution in [3.05, 3.63) is 18.3 Å². The van der Waals surface area contributed by atoms with Gasteiger partial charge in [-0.1, -0.05) is 0 Å². The summed E-state index contributed by atoms with van der Waals surface area (Å²) in [6.07, 6.45) is 4.66. The second kappa shape index (κ2) is 8.37. The molecule has 0 bridgehead atoms. The molecule has 3 aliphatic heterocycles. The first kappa shape index (κ1) is 26.3. The van der Waals surface area contributed by atoms with E-state index in [2.05, 4.69) is 15.3 Å². The molecule has 0 spiro atoms. The molecule has 5 rings (SSSR count). The molecule has 3 amide bonds. The predicted octanol–water partition coefficient (Wildman–Crippen LogP) is 4.18. The molecule has 2 aromatic rings. The second-order valence-electron chi connectivity index (χ2n) is 8.22. The van der Waals surface area contributed by atoms with Crippen LogP contribution in [0.4, 0.5) is 25.2 Å². The molecule has 0 radical (unpaired) electrons. The Labute approximate surface area is 200 Å². The molecule has 200 valence electrons. The number of nitrogens with zero attached hydrogens (tertiary/aromatic N) is 7. The molecule has 3 fully saturated rings. The minimum absolute atomic E-state index is 0.116. The van der Waals surface area contributed by atoms with Crippen LogP contribution in [0.1, 0.15) is 38.5 Å². The number of carbonyl (C=O) groups excluding carboxylic acids is 3. The Kier molecular flexibility index (Phi) is 6.11. The molecule has 5 heterocycles. The zero-order valence-corrected chi connectivity index (χ0v) is 20.3. The van der Waals surface area contributed by atoms with Gasteiger partial charge in [-0.15, -0.1) is 19.1 Å². The number of amides is 3. The van der Waals surface area contributed by atoms with Crippen LogP contribution >= 0.6 is 15.8 Å². The smallest absolute Gasteiger partial charge is 0.271 e. The van der Waals surface area contributed by atoms with Crippen LogP contribution in [0, 0.1) is 0 Å². The fourth-order valence-corrected chi connectivity index (χ4v) is 7.90. The molecule has 3 aliphatic rings. The maximum atomic E-state index is 12.9. The Hall–Kier alpha value is -2.80. The normalized spacial score (nSPS) is 21.1. The number of pyridine rings is 1. The van der Waals surface area contributed by atoms with Gasteiger partial charge in [0, 0.05) is 25.5 Å². The van der Waals surface area contributed by atoms with Gasteiger partial charge < -0.3 is 0 Å². The van der Waals surface area contributed by atoms with Gasteiger partial charge in [-0.25, -0.2) is 4.98 Å². The van der Waals surface area contributed by atoms with Crippen molar-refractivity contribution in [2.45, 2.75) is 38.5 Å². The van der Waals surface area contributed by atoms with Crippen molar-refractivity contribution < 1.29 is 44.2 Å². The molecule has 2 aromatic heterocycles. The van der Waals surface area contributed by atoms with E-state index in [0.717, 1.165) is 0 Å². The molecule has 0 unspecified atom stereocenters. The van der Waals surface area contributed by atoms with Gasteiger partial charge >= 0.3 is 40.9 Å². The van der Waals surface area contributed by atoms with E-state index in [1.807, 2.05) is 0 Å². The van der Waals surface area contributed by atoms with Crippen molar-refractivity contribution in [1.29, 1.82) is 0 Å². The summed E-state index contributed by atoms with van der Waals surface area (Å²) < 4.78 is 70.4. The SMILES string of the molecule is F[P-](F)(F)(F)(F)F.O=C1CCCN1[P+](On1nnc2cccnc21)(N1CCCC1=O)N1CCCC1=O. The predicted molar refractivity (Wildman–Crippen MR) is 115 cm³/mol. The third kappa shape index (κ3) is 5.77. The van der Waals surface area contributed by atoms with Crippen LogP contribution in [0.15, 0.2) is 18.3 Å². The van der Waals surface area contributed by atoms with Gasteiger partial charge in [0.25, 0.3) is 17.7 Å². The number of hydrogen-bond acceptors (Lipinski definition) is 7. The fourth-order valence-electron chi connectivity index (χ4n) is 4.16. The quantitative estimate of drug-likeness (QED) is 0.396. The van der Waals surface area contributed by atoms with E-state index in [4.69, 9.17) is 4.62 Å². The summed E-state index contributed by atoms with van der Waals surface area (Å²) in [6, 6.07) is 3.49. The van der Waals surface area contributed by atoms with Gasteiger partial charge in [0.15, 0.2) is 0 Å². The number of halogens is 6. The molecule has 0 aromatic carbocycles. The van der Waals surface area contributed by atoms with Crippen molar-refractivity contribution in [2.24, 2.45) is 0 Å². The summed E-state index contributed by atoms with van der Waals surface area (Å²) >= 11 is 0. The number of rotatable bonds is 5. The number of carbonyl (C=O) groups is 3. The topological polar surface area (TPSA) is 114 Å². The molecule has 3 saturated heterocycles. The van der Waals surface area contributed by atoms with Gasteiger partial charge in [0.05, 0.1) is 19.6 Å². The van der Waals surface area contributed by atoms with Crippen LogP contribution in [0.3, 0.4) is 0 Å². The van der Waals surface area contributed by atoms with Crippen molar-refractivity contribution >= 4 is 44.6 Å². The van der Waals surface area contributed by atoms with Crippen molar-refractivity contribution in [1.82, 2.24) is 34.2 Å². The monoisotopic (exact) mass is 563 g/mol. The van der Waals surface area contributed by atoms with E-state index in [0.29, 0.717) is 69.3 Å². The second-order valence-corrected chi connectivity index (χ2v) is 12.8. The first-order valence-electron chi connectivity index (χ1n) is 10.8. The Morgan fingerprint density at radius 1 is 0.806 bits per heavy atom. The van der Waals surface area contributed by atoms with Crippen LogP contribution in [-0.2, 0) is 14.4 Å². The average molecular weight is 563 g/mol. The van der Waals surface area contributed by atoms with Gasteiger partial charge in [-0.05, 0) is 41.5 Å². The minimum atomic E-state index is -10.7. The van der Waals surface area contributed by atoms with Crippen LogP contribution in [0.5, 0.6) is 0 Å². The van der Waals surface area contributed by atoms with E-state index in [1.165, 1.54) is 4.85 Å². The molecule has 0 saturated carbocycles. The van der Waals surface area contributed by atoms with Gasteiger partial charge in [0.2, 0.25) is 5.65 Å². The summed E-state index contributed by atoms with van der Waals surface area (Å²) in [5, 5.41) is 8.14. The van der Waals surface area contributed by atoms with Crippen LogP contribution in [0.25, 0.3) is 11.2 Å². The Balaban J connectivity index is 0.000000384. The Morgan fingerprint density at radius 3 is 1.64 bits per heavy atom. The summed E-state index contributed by atoms with van der Waals surface area (Å²) in [6.45, 7) is 1.29. The molecule has 0 aliphatic carbocycles. The molecular weight excluding hydrogens is 542 g/mol. The Morgan fingerprint density at radius 2 is 1.25 bits per heavy atom. The van der Waals surface area contributed by atoms with E-state index in [1.54, 1.807) is 32.3 Å². The maximum absolute atomic E-state index is 12.9. The zero-order chi connectivity index (χ0) is 26.4. The maximum Gasteiger partial charge on any atom is 0.530 e. The molecule has 0 atom stereocenters. The van der Waals surface area contributed by atoms with Crippen molar-refractivity contribution in [2.75, 3.05) is 19.6 Å². The Bertz CT molecular complexity index is 1140. The first-order valence-corrected chi connectivity index (χ1v) is 14.4. The van der Waals surface area contributed by atoms with E-state index in [-0.39, 0.29) is 17.7 Å². The summed E-state index contributed by atoms with van der Waals surface area (Å²) in [4.78, 5) is 44.1. The van der Waals surface area contributed by atoms with Crippen LogP contribution in [0.2, 0.25) is 0 Å². The van der Waals surface area contributed by atoms with Crippen LogP contribution in [-0.4, -0.2) is 71.5 Å². The van der Waals surface area contributed by atoms with E-state index < -0.39 is 15.8 Å². The number of aromatic nitrogens is 4. The first-order chi connectivity index (χ1) is 16.6. The van der Waals surface area contributed by atoms with Gasteiger partial charge in [0.1, 0.15) is 5.52 Å². The van der Waals surface area contributed by atoms with Gasteiger partial charge in [-0.2, -0.15) is 4.62 Å². The van der Waals surface area contributed by atoms with Crippen molar-refractivity contribution in [3.63, 3.8) is 0 Å². The zero-order valence-electron chi connectivity index (χ0n) is 18.5. The molecular formula is C17H21F6N7O4P2. The summed E-state index contributed by atoms with van der Waals surface area (Å²) in [5.41, 5.74) is 0.903. The largest absolute Gasteiger partial charge is 0.530 e. The molecule has 36 heavy (non-hydrogen) atoms. The van der Waals surface area contributed by atoms with Crippen LogP contribution < -0.4 is 4.62 Å². The molecule has 0 N–H and O–H groups in total. The third-order valence-electron chi connectivity index (χ3n) is 5.46. The molecule has 19 heteroatoms. The molecule has 11 nitrogen and oxygen atoms in total. The average Bonchev–Trinajstić information content (AvgIpc) is 3.54. The fraction of sp³-hybridized carbons (Fsp3) is 0.529. The van der Waals surface area contributed by atoms with Gasteiger partial charge in [-0.3, -0.25) is 14.4 Å². The number of fused-ring (bicyclic) bond motifs is 1.